The second kappa shape index (κ2) is 5.31. The Morgan fingerprint density at radius 2 is 2.41 bits per heavy atom. The summed E-state index contributed by atoms with van der Waals surface area (Å²) < 4.78 is 4.99. The van der Waals surface area contributed by atoms with Crippen LogP contribution in [0, 0.1) is 19.8 Å². The van der Waals surface area contributed by atoms with Crippen LogP contribution in [0.2, 0.25) is 0 Å². The summed E-state index contributed by atoms with van der Waals surface area (Å²) in [4.78, 5) is 12.0. The van der Waals surface area contributed by atoms with Crippen molar-refractivity contribution in [2.75, 3.05) is 19.6 Å². The average molecular weight is 237 g/mol. The number of carbonyl (C=O) groups excluding carboxylic acids is 1. The van der Waals surface area contributed by atoms with Gasteiger partial charge in [0.1, 0.15) is 11.3 Å². The molecule has 0 aromatic carbocycles. The lowest BCUT2D eigenvalue weighted by molar-refractivity contribution is 0.0943. The summed E-state index contributed by atoms with van der Waals surface area (Å²) in [6, 6.07) is 0. The molecule has 2 heterocycles. The van der Waals surface area contributed by atoms with Gasteiger partial charge >= 0.3 is 0 Å². The predicted molar refractivity (Wildman–Crippen MR) is 63.9 cm³/mol. The molecule has 0 spiro atoms. The van der Waals surface area contributed by atoms with Gasteiger partial charge in [0, 0.05) is 6.54 Å². The number of nitrogens with zero attached hydrogens (tertiary/aromatic N) is 1. The Labute approximate surface area is 101 Å². The number of hydrogen-bond donors (Lipinski definition) is 2. The van der Waals surface area contributed by atoms with Gasteiger partial charge in [-0.15, -0.1) is 0 Å². The van der Waals surface area contributed by atoms with Crippen LogP contribution in [0.1, 0.15) is 34.7 Å². The summed E-state index contributed by atoms with van der Waals surface area (Å²) in [5, 5.41) is 10.1. The standard InChI is InChI=1S/C12H19N3O2/c1-8-11(9(2)17-15-8)12(16)14-7-10-4-3-5-13-6-10/h10,13H,3-7H2,1-2H3,(H,14,16). The Morgan fingerprint density at radius 1 is 1.59 bits per heavy atom. The van der Waals surface area contributed by atoms with Crippen LogP contribution in [0.15, 0.2) is 4.52 Å². The van der Waals surface area contributed by atoms with Crippen molar-refractivity contribution in [1.82, 2.24) is 15.8 Å². The molecule has 1 amide bonds. The van der Waals surface area contributed by atoms with Gasteiger partial charge in [0.25, 0.3) is 5.91 Å². The monoisotopic (exact) mass is 237 g/mol. The van der Waals surface area contributed by atoms with E-state index in [-0.39, 0.29) is 5.91 Å². The van der Waals surface area contributed by atoms with E-state index >= 15 is 0 Å². The Bertz CT molecular complexity index is 375. The largest absolute Gasteiger partial charge is 0.361 e. The Kier molecular flexibility index (Phi) is 3.78. The smallest absolute Gasteiger partial charge is 0.256 e. The molecule has 0 saturated carbocycles. The molecule has 2 N–H and O–H groups in total. The third-order valence-electron chi connectivity index (χ3n) is 3.21. The van der Waals surface area contributed by atoms with Crippen LogP contribution in [0.3, 0.4) is 0 Å². The van der Waals surface area contributed by atoms with Gasteiger partial charge in [0.05, 0.1) is 5.69 Å². The molecule has 1 aliphatic rings. The molecule has 1 saturated heterocycles. The number of aryl methyl sites for hydroxylation is 2. The van der Waals surface area contributed by atoms with Crippen molar-refractivity contribution in [2.24, 2.45) is 5.92 Å². The first-order chi connectivity index (χ1) is 8.18. The minimum absolute atomic E-state index is 0.0770. The summed E-state index contributed by atoms with van der Waals surface area (Å²) in [5.41, 5.74) is 1.23. The average Bonchev–Trinajstić information content (AvgIpc) is 2.67. The molecule has 1 aliphatic heterocycles. The SMILES string of the molecule is Cc1noc(C)c1C(=O)NCC1CCCNC1. The maximum atomic E-state index is 12.0. The number of nitrogens with one attached hydrogen (secondary N) is 2. The third-order valence-corrected chi connectivity index (χ3v) is 3.21. The highest BCUT2D eigenvalue weighted by atomic mass is 16.5. The fraction of sp³-hybridized carbons (Fsp3) is 0.667. The summed E-state index contributed by atoms with van der Waals surface area (Å²) >= 11 is 0. The highest BCUT2D eigenvalue weighted by Crippen LogP contribution is 2.13. The van der Waals surface area contributed by atoms with Gasteiger partial charge in [-0.3, -0.25) is 4.79 Å². The van der Waals surface area contributed by atoms with Gasteiger partial charge < -0.3 is 15.2 Å². The zero-order chi connectivity index (χ0) is 12.3. The first kappa shape index (κ1) is 12.1. The van der Waals surface area contributed by atoms with Crippen molar-refractivity contribution in [3.8, 4) is 0 Å². The number of amides is 1. The van der Waals surface area contributed by atoms with Crippen LogP contribution in [0.5, 0.6) is 0 Å². The van der Waals surface area contributed by atoms with Crippen molar-refractivity contribution in [2.45, 2.75) is 26.7 Å². The van der Waals surface area contributed by atoms with Crippen LogP contribution in [-0.4, -0.2) is 30.7 Å². The van der Waals surface area contributed by atoms with Gasteiger partial charge in [-0.2, -0.15) is 0 Å². The van der Waals surface area contributed by atoms with Gasteiger partial charge in [-0.05, 0) is 45.7 Å². The first-order valence-corrected chi connectivity index (χ1v) is 6.10. The van der Waals surface area contributed by atoms with Gasteiger partial charge in [0.15, 0.2) is 0 Å². The molecule has 1 fully saturated rings. The summed E-state index contributed by atoms with van der Waals surface area (Å²) in [5.74, 6) is 1.04. The summed E-state index contributed by atoms with van der Waals surface area (Å²) in [7, 11) is 0. The van der Waals surface area contributed by atoms with E-state index in [0.717, 1.165) is 19.6 Å². The molecule has 5 heteroatoms. The number of rotatable bonds is 3. The molecule has 0 radical (unpaired) electrons. The second-order valence-electron chi connectivity index (χ2n) is 4.62. The fourth-order valence-corrected chi connectivity index (χ4v) is 2.23. The topological polar surface area (TPSA) is 67.2 Å². The molecule has 2 rings (SSSR count). The lowest BCUT2D eigenvalue weighted by atomic mass is 9.99. The van der Waals surface area contributed by atoms with Crippen LogP contribution < -0.4 is 10.6 Å². The molecule has 17 heavy (non-hydrogen) atoms. The normalized spacial score (nSPS) is 20.2. The molecule has 1 aromatic heterocycles. The number of aromatic nitrogens is 1. The van der Waals surface area contributed by atoms with Crippen LogP contribution in [0.25, 0.3) is 0 Å². The van der Waals surface area contributed by atoms with Crippen LogP contribution in [0.4, 0.5) is 0 Å². The van der Waals surface area contributed by atoms with E-state index in [1.807, 2.05) is 0 Å². The van der Waals surface area contributed by atoms with Gasteiger partial charge in [-0.25, -0.2) is 0 Å². The predicted octanol–water partition coefficient (Wildman–Crippen LogP) is 1.02. The maximum Gasteiger partial charge on any atom is 0.256 e. The Morgan fingerprint density at radius 3 is 3.00 bits per heavy atom. The number of piperidine rings is 1. The highest BCUT2D eigenvalue weighted by Gasteiger charge is 2.19. The van der Waals surface area contributed by atoms with Crippen molar-refractivity contribution in [3.63, 3.8) is 0 Å². The minimum atomic E-state index is -0.0770. The van der Waals surface area contributed by atoms with Crippen molar-refractivity contribution in [1.29, 1.82) is 0 Å². The quantitative estimate of drug-likeness (QED) is 0.823. The van der Waals surface area contributed by atoms with Crippen LogP contribution >= 0.6 is 0 Å². The Hall–Kier alpha value is -1.36. The molecule has 0 bridgehead atoms. The molecule has 94 valence electrons. The van der Waals surface area contributed by atoms with Crippen molar-refractivity contribution >= 4 is 5.91 Å². The minimum Gasteiger partial charge on any atom is -0.361 e. The zero-order valence-electron chi connectivity index (χ0n) is 10.4. The lowest BCUT2D eigenvalue weighted by Crippen LogP contribution is -2.38. The molecule has 1 unspecified atom stereocenters. The molecule has 1 aromatic rings. The molecule has 0 aliphatic carbocycles. The molecule has 1 atom stereocenters. The van der Waals surface area contributed by atoms with E-state index in [4.69, 9.17) is 4.52 Å². The van der Waals surface area contributed by atoms with Crippen molar-refractivity contribution < 1.29 is 9.32 Å². The second-order valence-corrected chi connectivity index (χ2v) is 4.62. The van der Waals surface area contributed by atoms with E-state index in [2.05, 4.69) is 15.8 Å². The van der Waals surface area contributed by atoms with Gasteiger partial charge in [0.2, 0.25) is 0 Å². The zero-order valence-corrected chi connectivity index (χ0v) is 10.4. The van der Waals surface area contributed by atoms with E-state index in [9.17, 15) is 4.79 Å². The van der Waals surface area contributed by atoms with Crippen molar-refractivity contribution in [3.05, 3.63) is 17.0 Å². The van der Waals surface area contributed by atoms with E-state index in [0.29, 0.717) is 22.9 Å². The number of carbonyl (C=O) groups is 1. The third kappa shape index (κ3) is 2.85. The number of hydrogen-bond acceptors (Lipinski definition) is 4. The first-order valence-electron chi connectivity index (χ1n) is 6.10. The molecule has 5 nitrogen and oxygen atoms in total. The van der Waals surface area contributed by atoms with Gasteiger partial charge in [-0.1, -0.05) is 5.16 Å². The summed E-state index contributed by atoms with van der Waals surface area (Å²) in [6.07, 6.45) is 2.36. The van der Waals surface area contributed by atoms with E-state index < -0.39 is 0 Å². The van der Waals surface area contributed by atoms with E-state index in [1.165, 1.54) is 12.8 Å². The maximum absolute atomic E-state index is 12.0. The van der Waals surface area contributed by atoms with Crippen LogP contribution in [-0.2, 0) is 0 Å². The lowest BCUT2D eigenvalue weighted by Gasteiger charge is -2.22. The summed E-state index contributed by atoms with van der Waals surface area (Å²) in [6.45, 7) is 6.34. The highest BCUT2D eigenvalue weighted by molar-refractivity contribution is 5.96. The van der Waals surface area contributed by atoms with E-state index in [1.54, 1.807) is 13.8 Å². The molecular formula is C12H19N3O2. The molecular weight excluding hydrogens is 218 g/mol. The fourth-order valence-electron chi connectivity index (χ4n) is 2.23. The Balaban J connectivity index is 1.89.